The monoisotopic (exact) mass is 526 g/mol. The fraction of sp³-hybridized carbons (Fsp3) is 0.548. The minimum atomic E-state index is -1.33. The molecule has 0 radical (unpaired) electrons. The molecule has 1 aromatic heterocycles. The number of rotatable bonds is 18. The number of carboxylic acid groups (broad SMARTS) is 1. The summed E-state index contributed by atoms with van der Waals surface area (Å²) in [6, 6.07) is 13.1. The summed E-state index contributed by atoms with van der Waals surface area (Å²) in [4.78, 5) is 16.4. The third kappa shape index (κ3) is 12.7. The Hall–Kier alpha value is -2.31. The fourth-order valence-electron chi connectivity index (χ4n) is 4.36. The number of nitrogens with one attached hydrogen (secondary N) is 1. The van der Waals surface area contributed by atoms with Gasteiger partial charge in [0.25, 0.3) is 0 Å². The van der Waals surface area contributed by atoms with Gasteiger partial charge in [-0.1, -0.05) is 87.1 Å². The Labute approximate surface area is 226 Å². The number of carbonyl (C=O) groups is 1. The molecule has 0 aliphatic heterocycles. The number of hydrogen-bond donors (Lipinski definition) is 2. The average Bonchev–Trinajstić information content (AvgIpc) is 2.87. The first-order valence-electron chi connectivity index (χ1n) is 13.8. The van der Waals surface area contributed by atoms with Crippen LogP contribution in [0.25, 0.3) is 0 Å². The summed E-state index contributed by atoms with van der Waals surface area (Å²) in [6.45, 7) is 5.72. The van der Waals surface area contributed by atoms with E-state index in [-0.39, 0.29) is 6.04 Å². The first-order chi connectivity index (χ1) is 17.8. The Morgan fingerprint density at radius 2 is 1.59 bits per heavy atom. The van der Waals surface area contributed by atoms with Crippen molar-refractivity contribution >= 4 is 17.0 Å². The molecule has 0 spiro atoms. The zero-order valence-electron chi connectivity index (χ0n) is 22.9. The minimum Gasteiger partial charge on any atom is -0.481 e. The molecule has 2 rings (SSSR count). The maximum Gasteiger partial charge on any atom is 0.312 e. The minimum absolute atomic E-state index is 0.370. The van der Waals surface area contributed by atoms with Gasteiger partial charge in [0.15, 0.2) is 0 Å². The van der Waals surface area contributed by atoms with Crippen LogP contribution in [-0.4, -0.2) is 31.1 Å². The van der Waals surface area contributed by atoms with E-state index in [0.29, 0.717) is 6.42 Å². The summed E-state index contributed by atoms with van der Waals surface area (Å²) >= 11 is 0. The van der Waals surface area contributed by atoms with Gasteiger partial charge in [-0.25, -0.2) is 8.93 Å². The largest absolute Gasteiger partial charge is 0.481 e. The van der Waals surface area contributed by atoms with Crippen molar-refractivity contribution in [2.75, 3.05) is 0 Å². The summed E-state index contributed by atoms with van der Waals surface area (Å²) < 4.78 is 15.5. The number of pyridine rings is 1. The predicted octanol–water partition coefficient (Wildman–Crippen LogP) is 7.37. The molecular formula is C31H46N2O3S. The third-order valence-corrected chi connectivity index (χ3v) is 8.15. The molecule has 0 amide bonds. The molecule has 2 aromatic rings. The molecule has 0 saturated carbocycles. The molecule has 0 bridgehead atoms. The van der Waals surface area contributed by atoms with Crippen molar-refractivity contribution in [1.29, 1.82) is 0 Å². The lowest BCUT2D eigenvalue weighted by Crippen LogP contribution is -2.44. The second-order valence-electron chi connectivity index (χ2n) is 10.8. The van der Waals surface area contributed by atoms with E-state index in [9.17, 15) is 14.1 Å². The normalized spacial score (nSPS) is 14.5. The van der Waals surface area contributed by atoms with E-state index >= 15 is 0 Å². The van der Waals surface area contributed by atoms with Crippen LogP contribution in [-0.2, 0) is 22.2 Å². The van der Waals surface area contributed by atoms with Gasteiger partial charge in [0.2, 0.25) is 0 Å². The molecule has 1 heterocycles. The number of unbranched alkanes of at least 4 members (excludes halogenated alkanes) is 7. The molecule has 0 aliphatic carbocycles. The number of nitrogens with zero attached hydrogens (tertiary/aromatic N) is 1. The van der Waals surface area contributed by atoms with E-state index in [2.05, 4.69) is 27.9 Å². The van der Waals surface area contributed by atoms with Gasteiger partial charge in [-0.15, -0.1) is 0 Å². The molecule has 1 aromatic carbocycles. The standard InChI is InChI=1S/C31H46N2O3S/c1-31(2,3)37(36)33-28(29(30(34)35)27-21-15-13-16-22-27)23-17-12-10-8-6-4-5-7-9-11-14-19-26-20-18-24-32-25-26/h9,11,13,15-16,18,20-22,24-25,28-29,33H,4-8,10,12,14,17,19,23H2,1-3H3,(H,34,35)/b11-9-/t28-,29-,37?/m1/s1. The van der Waals surface area contributed by atoms with Crippen LogP contribution < -0.4 is 4.72 Å². The second kappa shape index (κ2) is 17.2. The zero-order chi connectivity index (χ0) is 26.9. The molecule has 6 heteroatoms. The van der Waals surface area contributed by atoms with E-state index < -0.39 is 27.6 Å². The molecule has 0 saturated heterocycles. The smallest absolute Gasteiger partial charge is 0.312 e. The predicted molar refractivity (Wildman–Crippen MR) is 155 cm³/mol. The lowest BCUT2D eigenvalue weighted by atomic mass is 9.88. The quantitative estimate of drug-likeness (QED) is 0.157. The molecule has 5 nitrogen and oxygen atoms in total. The number of allylic oxidation sites excluding steroid dienone is 2. The molecule has 37 heavy (non-hydrogen) atoms. The molecule has 0 fully saturated rings. The van der Waals surface area contributed by atoms with Gasteiger partial charge < -0.3 is 5.11 Å². The number of carboxylic acids is 1. The lowest BCUT2D eigenvalue weighted by Gasteiger charge is -2.28. The molecule has 0 aliphatic rings. The highest BCUT2D eigenvalue weighted by Gasteiger charge is 2.33. The van der Waals surface area contributed by atoms with Gasteiger partial charge in [-0.05, 0) is 70.1 Å². The van der Waals surface area contributed by atoms with E-state index in [0.717, 1.165) is 44.1 Å². The number of hydrogen-bond acceptors (Lipinski definition) is 3. The topological polar surface area (TPSA) is 79.3 Å². The molecule has 1 unspecified atom stereocenters. The average molecular weight is 527 g/mol. The van der Waals surface area contributed by atoms with Crippen molar-refractivity contribution in [3.8, 4) is 0 Å². The summed E-state index contributed by atoms with van der Waals surface area (Å²) in [5.41, 5.74) is 2.04. The fourth-order valence-corrected chi connectivity index (χ4v) is 5.24. The van der Waals surface area contributed by atoms with Gasteiger partial charge >= 0.3 is 5.97 Å². The second-order valence-corrected chi connectivity index (χ2v) is 12.8. The van der Waals surface area contributed by atoms with E-state index in [1.807, 2.05) is 69.6 Å². The van der Waals surface area contributed by atoms with Crippen molar-refractivity contribution in [1.82, 2.24) is 9.71 Å². The van der Waals surface area contributed by atoms with Crippen molar-refractivity contribution in [2.45, 2.75) is 108 Å². The lowest BCUT2D eigenvalue weighted by molar-refractivity contribution is -0.139. The highest BCUT2D eigenvalue weighted by Crippen LogP contribution is 2.26. The Bertz CT molecular complexity index is 942. The van der Waals surface area contributed by atoms with Gasteiger partial charge in [0.05, 0.1) is 21.7 Å². The van der Waals surface area contributed by atoms with Crippen molar-refractivity contribution in [3.05, 3.63) is 78.1 Å². The Balaban J connectivity index is 1.67. The summed E-state index contributed by atoms with van der Waals surface area (Å²) in [5.74, 6) is -1.59. The van der Waals surface area contributed by atoms with Gasteiger partial charge in [0.1, 0.15) is 0 Å². The maximum atomic E-state index is 12.8. The summed E-state index contributed by atoms with van der Waals surface area (Å²) in [7, 11) is -1.33. The Morgan fingerprint density at radius 1 is 0.946 bits per heavy atom. The number of aryl methyl sites for hydroxylation is 1. The summed E-state index contributed by atoms with van der Waals surface area (Å²) in [5, 5.41) is 10.0. The van der Waals surface area contributed by atoms with Crippen LogP contribution in [0.3, 0.4) is 0 Å². The summed E-state index contributed by atoms with van der Waals surface area (Å²) in [6.07, 6.45) is 20.3. The van der Waals surface area contributed by atoms with Crippen LogP contribution in [0.2, 0.25) is 0 Å². The first-order valence-corrected chi connectivity index (χ1v) is 14.9. The van der Waals surface area contributed by atoms with Gasteiger partial charge in [-0.2, -0.15) is 0 Å². The van der Waals surface area contributed by atoms with Crippen LogP contribution in [0.1, 0.15) is 102 Å². The van der Waals surface area contributed by atoms with Crippen molar-refractivity contribution < 1.29 is 14.1 Å². The van der Waals surface area contributed by atoms with Crippen molar-refractivity contribution in [2.24, 2.45) is 0 Å². The van der Waals surface area contributed by atoms with E-state index in [1.54, 1.807) is 0 Å². The van der Waals surface area contributed by atoms with Crippen LogP contribution >= 0.6 is 0 Å². The number of aromatic nitrogens is 1. The van der Waals surface area contributed by atoms with Crippen LogP contribution in [0, 0.1) is 0 Å². The first kappa shape index (κ1) is 30.9. The van der Waals surface area contributed by atoms with E-state index in [1.165, 1.54) is 31.2 Å². The Morgan fingerprint density at radius 3 is 2.22 bits per heavy atom. The molecular weight excluding hydrogens is 480 g/mol. The van der Waals surface area contributed by atoms with Crippen LogP contribution in [0.4, 0.5) is 0 Å². The van der Waals surface area contributed by atoms with E-state index in [4.69, 9.17) is 0 Å². The number of aliphatic carboxylic acids is 1. The van der Waals surface area contributed by atoms with Crippen LogP contribution in [0.15, 0.2) is 67.0 Å². The molecule has 3 atom stereocenters. The Kier molecular flexibility index (Phi) is 14.4. The molecule has 204 valence electrons. The zero-order valence-corrected chi connectivity index (χ0v) is 23.7. The van der Waals surface area contributed by atoms with Gasteiger partial charge in [0, 0.05) is 18.4 Å². The van der Waals surface area contributed by atoms with Crippen LogP contribution in [0.5, 0.6) is 0 Å². The van der Waals surface area contributed by atoms with Gasteiger partial charge in [-0.3, -0.25) is 9.78 Å². The maximum absolute atomic E-state index is 12.8. The highest BCUT2D eigenvalue weighted by atomic mass is 32.2. The van der Waals surface area contributed by atoms with Crippen molar-refractivity contribution in [3.63, 3.8) is 0 Å². The highest BCUT2D eigenvalue weighted by molar-refractivity contribution is 7.84. The number of benzene rings is 1. The third-order valence-electron chi connectivity index (χ3n) is 6.52. The molecule has 2 N–H and O–H groups in total. The SMILES string of the molecule is CC(C)(C)S(=O)N[C@H](CCCCCCCCC/C=C\CCc1cccnc1)[C@H](C(=O)O)c1ccccc1.